The van der Waals surface area contributed by atoms with Crippen LogP contribution in [0, 0.1) is 0 Å². The minimum absolute atomic E-state index is 0.0937. The molecule has 0 aliphatic heterocycles. The van der Waals surface area contributed by atoms with Crippen LogP contribution in [0.15, 0.2) is 60.7 Å². The average molecular weight is 501 g/mol. The van der Waals surface area contributed by atoms with Gasteiger partial charge in [-0.3, -0.25) is 9.59 Å². The van der Waals surface area contributed by atoms with E-state index in [-0.39, 0.29) is 17.5 Å². The summed E-state index contributed by atoms with van der Waals surface area (Å²) >= 11 is 0. The van der Waals surface area contributed by atoms with Crippen molar-refractivity contribution >= 4 is 17.6 Å². The minimum atomic E-state index is -4.49. The van der Waals surface area contributed by atoms with Crippen molar-refractivity contribution in [2.75, 3.05) is 18.4 Å². The molecule has 1 heterocycles. The maximum Gasteiger partial charge on any atom is 0.416 e. The van der Waals surface area contributed by atoms with Gasteiger partial charge in [0.1, 0.15) is 12.4 Å². The van der Waals surface area contributed by atoms with Crippen LogP contribution < -0.4 is 5.32 Å². The number of alkyl halides is 3. The van der Waals surface area contributed by atoms with Crippen LogP contribution in [0.2, 0.25) is 0 Å². The van der Waals surface area contributed by atoms with Gasteiger partial charge in [-0.05, 0) is 42.8 Å². The van der Waals surface area contributed by atoms with E-state index in [9.17, 15) is 22.8 Å². The predicted octanol–water partition coefficient (Wildman–Crippen LogP) is 6.07. The summed E-state index contributed by atoms with van der Waals surface area (Å²) in [5.74, 6) is -0.461. The highest BCUT2D eigenvalue weighted by Gasteiger charge is 2.30. The number of halogens is 3. The van der Waals surface area contributed by atoms with Crippen molar-refractivity contribution in [2.24, 2.45) is 0 Å². The molecule has 1 N–H and O–H groups in total. The zero-order valence-electron chi connectivity index (χ0n) is 20.9. The van der Waals surface area contributed by atoms with Crippen LogP contribution in [-0.2, 0) is 16.4 Å². The van der Waals surface area contributed by atoms with Gasteiger partial charge < -0.3 is 10.2 Å². The fourth-order valence-electron chi connectivity index (χ4n) is 3.54. The molecule has 36 heavy (non-hydrogen) atoms. The Balaban J connectivity index is 1.82. The van der Waals surface area contributed by atoms with Crippen LogP contribution in [0.4, 0.5) is 19.0 Å². The van der Waals surface area contributed by atoms with Crippen LogP contribution in [-0.4, -0.2) is 39.6 Å². The van der Waals surface area contributed by atoms with E-state index >= 15 is 0 Å². The largest absolute Gasteiger partial charge is 0.416 e. The Labute approximate surface area is 209 Å². The maximum absolute atomic E-state index is 13.1. The van der Waals surface area contributed by atoms with E-state index in [0.717, 1.165) is 42.1 Å². The molecule has 0 unspecified atom stereocenters. The Morgan fingerprint density at radius 3 is 2.19 bits per heavy atom. The number of amides is 2. The first kappa shape index (κ1) is 27.0. The molecule has 0 saturated heterocycles. The molecule has 2 amide bonds. The predicted molar refractivity (Wildman–Crippen MR) is 133 cm³/mol. The third-order valence-corrected chi connectivity index (χ3v) is 5.61. The number of para-hydroxylation sites is 1. The molecule has 0 atom stereocenters. The van der Waals surface area contributed by atoms with Crippen molar-refractivity contribution in [3.8, 4) is 5.69 Å². The molecule has 192 valence electrons. The number of rotatable bonds is 8. The number of aromatic nitrogens is 2. The smallest absolute Gasteiger partial charge is 0.329 e. The van der Waals surface area contributed by atoms with Gasteiger partial charge in [0.25, 0.3) is 5.91 Å². The molecular formula is C27H31F3N4O2. The van der Waals surface area contributed by atoms with E-state index < -0.39 is 23.6 Å². The number of hydrogen-bond acceptors (Lipinski definition) is 3. The first-order chi connectivity index (χ1) is 16.9. The van der Waals surface area contributed by atoms with Gasteiger partial charge in [-0.25, -0.2) is 4.68 Å². The fraction of sp³-hybridized carbons (Fsp3) is 0.370. The summed E-state index contributed by atoms with van der Waals surface area (Å²) in [6.45, 7) is 8.06. The van der Waals surface area contributed by atoms with Gasteiger partial charge in [0.05, 0.1) is 16.9 Å². The molecule has 1 aromatic heterocycles. The highest BCUT2D eigenvalue weighted by molar-refractivity contribution is 5.99. The first-order valence-corrected chi connectivity index (χ1v) is 11.8. The second-order valence-corrected chi connectivity index (χ2v) is 9.62. The van der Waals surface area contributed by atoms with Crippen molar-refractivity contribution in [1.82, 2.24) is 14.7 Å². The Morgan fingerprint density at radius 2 is 1.64 bits per heavy atom. The zero-order chi connectivity index (χ0) is 26.5. The highest BCUT2D eigenvalue weighted by atomic mass is 19.4. The van der Waals surface area contributed by atoms with Crippen molar-refractivity contribution in [1.29, 1.82) is 0 Å². The Morgan fingerprint density at radius 1 is 1.00 bits per heavy atom. The molecule has 3 aromatic rings. The lowest BCUT2D eigenvalue weighted by Gasteiger charge is -2.22. The lowest BCUT2D eigenvalue weighted by Crippen LogP contribution is -2.39. The highest BCUT2D eigenvalue weighted by Crippen LogP contribution is 2.29. The molecule has 0 bridgehead atoms. The van der Waals surface area contributed by atoms with Crippen LogP contribution in [0.25, 0.3) is 5.69 Å². The summed E-state index contributed by atoms with van der Waals surface area (Å²) < 4.78 is 40.3. The minimum Gasteiger partial charge on any atom is -0.329 e. The van der Waals surface area contributed by atoms with E-state index in [1.807, 2.05) is 58.0 Å². The van der Waals surface area contributed by atoms with Crippen molar-refractivity contribution < 1.29 is 22.8 Å². The Bertz CT molecular complexity index is 1180. The van der Waals surface area contributed by atoms with Crippen molar-refractivity contribution in [3.63, 3.8) is 0 Å². The van der Waals surface area contributed by atoms with Crippen LogP contribution in [0.5, 0.6) is 0 Å². The second-order valence-electron chi connectivity index (χ2n) is 9.62. The molecule has 3 rings (SSSR count). The van der Waals surface area contributed by atoms with Crippen molar-refractivity contribution in [2.45, 2.75) is 52.1 Å². The quantitative estimate of drug-likeness (QED) is 0.408. The van der Waals surface area contributed by atoms with Gasteiger partial charge in [0, 0.05) is 23.6 Å². The summed E-state index contributed by atoms with van der Waals surface area (Å²) in [7, 11) is 0. The molecule has 0 aliphatic rings. The summed E-state index contributed by atoms with van der Waals surface area (Å²) in [6, 6.07) is 15.2. The topological polar surface area (TPSA) is 67.2 Å². The molecular weight excluding hydrogens is 469 g/mol. The molecule has 0 aliphatic carbocycles. The molecule has 0 saturated carbocycles. The molecule has 6 nitrogen and oxygen atoms in total. The van der Waals surface area contributed by atoms with E-state index in [1.165, 1.54) is 4.90 Å². The number of anilines is 1. The van der Waals surface area contributed by atoms with Crippen molar-refractivity contribution in [3.05, 3.63) is 77.5 Å². The number of carbonyl (C=O) groups excluding carboxylic acids is 2. The Hall–Kier alpha value is -3.62. The second kappa shape index (κ2) is 11.0. The van der Waals surface area contributed by atoms with Gasteiger partial charge in [-0.1, -0.05) is 52.3 Å². The average Bonchev–Trinajstić information content (AvgIpc) is 3.25. The lowest BCUT2D eigenvalue weighted by molar-refractivity contribution is -0.137. The van der Waals surface area contributed by atoms with Gasteiger partial charge in [0.2, 0.25) is 5.91 Å². The van der Waals surface area contributed by atoms with E-state index in [2.05, 4.69) is 10.4 Å². The molecule has 2 aromatic carbocycles. The number of benzene rings is 2. The van der Waals surface area contributed by atoms with Gasteiger partial charge in [0.15, 0.2) is 0 Å². The van der Waals surface area contributed by atoms with E-state index in [1.54, 1.807) is 10.7 Å². The number of unbranched alkanes of at least 4 members (excludes halogenated alkanes) is 1. The number of carbonyl (C=O) groups is 2. The van der Waals surface area contributed by atoms with E-state index in [0.29, 0.717) is 18.8 Å². The lowest BCUT2D eigenvalue weighted by atomic mass is 9.92. The summed E-state index contributed by atoms with van der Waals surface area (Å²) in [5, 5.41) is 7.54. The standard InChI is InChI=1S/C27H31F3N4O2/c1-5-6-16-33(25(36)19-12-14-20(15-13-19)27(28,29)30)18-24(35)31-23-17-22(26(2,3)4)32-34(23)21-10-8-7-9-11-21/h7-15,17H,5-6,16,18H2,1-4H3,(H,31,35). The van der Waals surface area contributed by atoms with Crippen LogP contribution >= 0.6 is 0 Å². The zero-order valence-corrected chi connectivity index (χ0v) is 20.9. The van der Waals surface area contributed by atoms with Crippen LogP contribution in [0.3, 0.4) is 0 Å². The summed E-state index contributed by atoms with van der Waals surface area (Å²) in [6.07, 6.45) is -3.05. The van der Waals surface area contributed by atoms with Gasteiger partial charge in [-0.2, -0.15) is 18.3 Å². The number of nitrogens with zero attached hydrogens (tertiary/aromatic N) is 3. The number of nitrogens with one attached hydrogen (secondary N) is 1. The number of hydrogen-bond donors (Lipinski definition) is 1. The normalized spacial score (nSPS) is 11.9. The maximum atomic E-state index is 13.1. The fourth-order valence-corrected chi connectivity index (χ4v) is 3.54. The summed E-state index contributed by atoms with van der Waals surface area (Å²) in [4.78, 5) is 27.5. The third kappa shape index (κ3) is 6.74. The van der Waals surface area contributed by atoms with E-state index in [4.69, 9.17) is 0 Å². The van der Waals surface area contributed by atoms with Gasteiger partial charge in [-0.15, -0.1) is 0 Å². The molecule has 9 heteroatoms. The SMILES string of the molecule is CCCCN(CC(=O)Nc1cc(C(C)(C)C)nn1-c1ccccc1)C(=O)c1ccc(C(F)(F)F)cc1. The molecule has 0 spiro atoms. The van der Waals surface area contributed by atoms with Crippen LogP contribution in [0.1, 0.15) is 62.2 Å². The summed E-state index contributed by atoms with van der Waals surface area (Å²) in [5.41, 5.74) is 0.555. The third-order valence-electron chi connectivity index (χ3n) is 5.61. The first-order valence-electron chi connectivity index (χ1n) is 11.8. The molecule has 0 fully saturated rings. The Kier molecular flexibility index (Phi) is 8.22. The monoisotopic (exact) mass is 500 g/mol. The van der Waals surface area contributed by atoms with Gasteiger partial charge >= 0.3 is 6.18 Å². The molecule has 0 radical (unpaired) electrons.